The summed E-state index contributed by atoms with van der Waals surface area (Å²) in [5.41, 5.74) is 3.99. The number of Topliss-reactive ketones (excluding diaryl/α,β-unsaturated/α-hetero) is 1. The van der Waals surface area contributed by atoms with Crippen LogP contribution in [0.5, 0.6) is 17.2 Å². The standard InChI is InChI=1S/C31H43NO5/c1-7-9-24(25-11-8-10-23(16-25)18-32-5)13-12-20(2)21(3)29(35)17-26(19-33)22(4)27-14-15-28(34)30(36)31(27)37-6/h8,10-11,14-16,19-21,24,32,34,36H,7,9,12-13,17-18H2,1-6H3/b26-22-. The van der Waals surface area contributed by atoms with Gasteiger partial charge >= 0.3 is 0 Å². The molecule has 2 aromatic carbocycles. The number of benzene rings is 2. The van der Waals surface area contributed by atoms with Gasteiger partial charge in [-0.2, -0.15) is 0 Å². The minimum Gasteiger partial charge on any atom is -0.504 e. The number of ether oxygens (including phenoxy) is 1. The number of methoxy groups -OCH3 is 1. The van der Waals surface area contributed by atoms with Crippen LogP contribution in [0.15, 0.2) is 42.0 Å². The molecule has 0 aliphatic heterocycles. The third-order valence-corrected chi connectivity index (χ3v) is 7.48. The maximum absolute atomic E-state index is 13.2. The fourth-order valence-corrected chi connectivity index (χ4v) is 4.87. The predicted octanol–water partition coefficient (Wildman–Crippen LogP) is 6.39. The second kappa shape index (κ2) is 14.6. The molecule has 0 aliphatic carbocycles. The van der Waals surface area contributed by atoms with Crippen molar-refractivity contribution in [1.82, 2.24) is 5.32 Å². The first-order valence-electron chi connectivity index (χ1n) is 13.2. The molecular formula is C31H43NO5. The fraction of sp³-hybridized carbons (Fsp3) is 0.484. The van der Waals surface area contributed by atoms with Crippen molar-refractivity contribution in [2.45, 2.75) is 72.3 Å². The third-order valence-electron chi connectivity index (χ3n) is 7.48. The van der Waals surface area contributed by atoms with Gasteiger partial charge in [0.2, 0.25) is 5.75 Å². The van der Waals surface area contributed by atoms with Gasteiger partial charge in [-0.05, 0) is 73.9 Å². The Labute approximate surface area is 221 Å². The van der Waals surface area contributed by atoms with E-state index in [4.69, 9.17) is 4.74 Å². The molecule has 37 heavy (non-hydrogen) atoms. The van der Waals surface area contributed by atoms with Crippen LogP contribution in [-0.4, -0.2) is 36.4 Å². The molecule has 0 spiro atoms. The van der Waals surface area contributed by atoms with Crippen molar-refractivity contribution in [3.63, 3.8) is 0 Å². The second-order valence-electron chi connectivity index (χ2n) is 10.0. The van der Waals surface area contributed by atoms with E-state index < -0.39 is 5.75 Å². The summed E-state index contributed by atoms with van der Waals surface area (Å²) in [6.45, 7) is 8.83. The first-order valence-corrected chi connectivity index (χ1v) is 13.2. The molecular weight excluding hydrogens is 466 g/mol. The zero-order valence-corrected chi connectivity index (χ0v) is 23.1. The molecule has 0 aromatic heterocycles. The number of aldehydes is 1. The highest BCUT2D eigenvalue weighted by Gasteiger charge is 2.24. The average molecular weight is 510 g/mol. The topological polar surface area (TPSA) is 95.9 Å². The van der Waals surface area contributed by atoms with Crippen LogP contribution in [0.3, 0.4) is 0 Å². The van der Waals surface area contributed by atoms with Crippen LogP contribution in [0.25, 0.3) is 5.57 Å². The highest BCUT2D eigenvalue weighted by atomic mass is 16.5. The summed E-state index contributed by atoms with van der Waals surface area (Å²) in [7, 11) is 3.33. The molecule has 0 aliphatic rings. The van der Waals surface area contributed by atoms with Gasteiger partial charge in [-0.1, -0.05) is 51.5 Å². The highest BCUT2D eigenvalue weighted by Crippen LogP contribution is 2.41. The van der Waals surface area contributed by atoms with Crippen molar-refractivity contribution in [2.75, 3.05) is 14.2 Å². The monoisotopic (exact) mass is 509 g/mol. The third kappa shape index (κ3) is 7.93. The SMILES string of the molecule is CCCC(CCC(C)C(C)C(=O)C/C(C=O)=C(\C)c1ccc(O)c(O)c1OC)c1cccc(CNC)c1. The second-order valence-corrected chi connectivity index (χ2v) is 10.0. The van der Waals surface area contributed by atoms with Gasteiger partial charge < -0.3 is 20.3 Å². The summed E-state index contributed by atoms with van der Waals surface area (Å²) in [6, 6.07) is 11.7. The van der Waals surface area contributed by atoms with E-state index in [0.29, 0.717) is 28.9 Å². The summed E-state index contributed by atoms with van der Waals surface area (Å²) in [6.07, 6.45) is 4.85. The lowest BCUT2D eigenvalue weighted by atomic mass is 9.81. The lowest BCUT2D eigenvalue weighted by Gasteiger charge is -2.23. The molecule has 0 bridgehead atoms. The Balaban J connectivity index is 2.13. The van der Waals surface area contributed by atoms with Crippen molar-refractivity contribution in [3.05, 3.63) is 58.7 Å². The van der Waals surface area contributed by atoms with Crippen molar-refractivity contribution < 1.29 is 24.5 Å². The molecule has 0 amide bonds. The Kier molecular flexibility index (Phi) is 11.9. The number of phenolic OH excluding ortho intramolecular Hbond substituents is 2. The Morgan fingerprint density at radius 1 is 1.11 bits per heavy atom. The molecule has 3 N–H and O–H groups in total. The Bertz CT molecular complexity index is 1090. The van der Waals surface area contributed by atoms with Gasteiger partial charge in [-0.3, -0.25) is 9.59 Å². The van der Waals surface area contributed by atoms with E-state index in [0.717, 1.165) is 32.2 Å². The fourth-order valence-electron chi connectivity index (χ4n) is 4.87. The lowest BCUT2D eigenvalue weighted by molar-refractivity contribution is -0.123. The van der Waals surface area contributed by atoms with E-state index in [1.165, 1.54) is 24.3 Å². The summed E-state index contributed by atoms with van der Waals surface area (Å²) in [5.74, 6) is -0.186. The van der Waals surface area contributed by atoms with Gasteiger partial charge in [0.25, 0.3) is 0 Å². The van der Waals surface area contributed by atoms with Crippen LogP contribution >= 0.6 is 0 Å². The molecule has 0 fully saturated rings. The Morgan fingerprint density at radius 2 is 1.84 bits per heavy atom. The highest BCUT2D eigenvalue weighted by molar-refractivity contribution is 5.97. The molecule has 2 aromatic rings. The molecule has 6 nitrogen and oxygen atoms in total. The number of carbonyl (C=O) groups is 2. The number of hydrogen-bond donors (Lipinski definition) is 3. The molecule has 202 valence electrons. The van der Waals surface area contributed by atoms with Crippen molar-refractivity contribution >= 4 is 17.6 Å². The zero-order valence-electron chi connectivity index (χ0n) is 23.1. The van der Waals surface area contributed by atoms with Gasteiger partial charge in [-0.25, -0.2) is 0 Å². The van der Waals surface area contributed by atoms with E-state index in [2.05, 4.69) is 43.4 Å². The zero-order chi connectivity index (χ0) is 27.5. The molecule has 6 heteroatoms. The normalized spacial score (nSPS) is 14.4. The number of hydrogen-bond acceptors (Lipinski definition) is 6. The number of carbonyl (C=O) groups excluding carboxylic acids is 2. The first-order chi connectivity index (χ1) is 17.7. The molecule has 0 saturated heterocycles. The van der Waals surface area contributed by atoms with E-state index in [1.807, 2.05) is 14.0 Å². The van der Waals surface area contributed by atoms with E-state index in [1.54, 1.807) is 13.0 Å². The first kappa shape index (κ1) is 30.1. The molecule has 3 unspecified atom stereocenters. The van der Waals surface area contributed by atoms with Gasteiger partial charge in [0.1, 0.15) is 12.1 Å². The van der Waals surface area contributed by atoms with Gasteiger partial charge in [0.05, 0.1) is 7.11 Å². The van der Waals surface area contributed by atoms with Crippen LogP contribution in [0.2, 0.25) is 0 Å². The van der Waals surface area contributed by atoms with E-state index >= 15 is 0 Å². The van der Waals surface area contributed by atoms with Gasteiger partial charge in [0, 0.05) is 30.0 Å². The van der Waals surface area contributed by atoms with Gasteiger partial charge in [0.15, 0.2) is 11.5 Å². The quantitative estimate of drug-likeness (QED) is 0.146. The van der Waals surface area contributed by atoms with Gasteiger partial charge in [-0.15, -0.1) is 0 Å². The predicted molar refractivity (Wildman–Crippen MR) is 149 cm³/mol. The molecule has 0 radical (unpaired) electrons. The average Bonchev–Trinajstić information content (AvgIpc) is 2.90. The molecule has 3 atom stereocenters. The van der Waals surface area contributed by atoms with Crippen molar-refractivity contribution in [1.29, 1.82) is 0 Å². The number of rotatable bonds is 15. The summed E-state index contributed by atoms with van der Waals surface area (Å²) in [5, 5.41) is 23.1. The minimum absolute atomic E-state index is 0.0100. The van der Waals surface area contributed by atoms with Crippen LogP contribution in [-0.2, 0) is 16.1 Å². The molecule has 0 saturated carbocycles. The number of allylic oxidation sites excluding steroid dienone is 2. The van der Waals surface area contributed by atoms with E-state index in [-0.39, 0.29) is 35.5 Å². The summed E-state index contributed by atoms with van der Waals surface area (Å²) < 4.78 is 5.25. The van der Waals surface area contributed by atoms with Crippen LogP contribution in [0.4, 0.5) is 0 Å². The maximum atomic E-state index is 13.2. The summed E-state index contributed by atoms with van der Waals surface area (Å²) >= 11 is 0. The molecule has 0 heterocycles. The minimum atomic E-state index is -0.393. The number of ketones is 1. The Hall–Kier alpha value is -3.12. The smallest absolute Gasteiger partial charge is 0.201 e. The number of phenols is 2. The largest absolute Gasteiger partial charge is 0.504 e. The van der Waals surface area contributed by atoms with E-state index in [9.17, 15) is 19.8 Å². The van der Waals surface area contributed by atoms with Crippen molar-refractivity contribution in [2.24, 2.45) is 11.8 Å². The molecule has 2 rings (SSSR count). The number of aromatic hydroxyl groups is 2. The van der Waals surface area contributed by atoms with Crippen LogP contribution in [0, 0.1) is 11.8 Å². The van der Waals surface area contributed by atoms with Crippen LogP contribution in [0.1, 0.15) is 82.4 Å². The summed E-state index contributed by atoms with van der Waals surface area (Å²) in [4.78, 5) is 25.2. The lowest BCUT2D eigenvalue weighted by Crippen LogP contribution is -2.20. The maximum Gasteiger partial charge on any atom is 0.201 e. The Morgan fingerprint density at radius 3 is 2.46 bits per heavy atom. The van der Waals surface area contributed by atoms with Crippen LogP contribution < -0.4 is 10.1 Å². The number of nitrogens with one attached hydrogen (secondary N) is 1. The van der Waals surface area contributed by atoms with Crippen molar-refractivity contribution in [3.8, 4) is 17.2 Å².